The third-order valence-corrected chi connectivity index (χ3v) is 3.21. The van der Waals surface area contributed by atoms with Gasteiger partial charge in [-0.15, -0.1) is 0 Å². The molecule has 17 heavy (non-hydrogen) atoms. The fraction of sp³-hybridized carbons (Fsp3) is 0.571. The highest BCUT2D eigenvalue weighted by Crippen LogP contribution is 2.18. The van der Waals surface area contributed by atoms with Crippen molar-refractivity contribution in [2.45, 2.75) is 32.4 Å². The first kappa shape index (κ1) is 14.0. The van der Waals surface area contributed by atoms with Crippen LogP contribution in [0.5, 0.6) is 5.75 Å². The second-order valence-electron chi connectivity index (χ2n) is 5.35. The molecule has 96 valence electrons. The molecule has 0 unspecified atom stereocenters. The summed E-state index contributed by atoms with van der Waals surface area (Å²) in [6.45, 7) is 6.95. The summed E-state index contributed by atoms with van der Waals surface area (Å²) >= 11 is 0. The summed E-state index contributed by atoms with van der Waals surface area (Å²) in [5.74, 6) is 0.893. The van der Waals surface area contributed by atoms with Gasteiger partial charge < -0.3 is 15.4 Å². The number of nitrogens with zero attached hydrogens (tertiary/aromatic N) is 1. The van der Waals surface area contributed by atoms with Gasteiger partial charge in [0.05, 0.1) is 0 Å². The maximum atomic E-state index is 5.80. The number of hydrogen-bond acceptors (Lipinski definition) is 3. The van der Waals surface area contributed by atoms with Crippen molar-refractivity contribution >= 4 is 0 Å². The molecule has 1 rings (SSSR count). The monoisotopic (exact) mass is 236 g/mol. The summed E-state index contributed by atoms with van der Waals surface area (Å²) in [6.07, 6.45) is 0. The van der Waals surface area contributed by atoms with E-state index in [1.807, 2.05) is 31.2 Å². The topological polar surface area (TPSA) is 38.5 Å². The Labute approximate surface area is 105 Å². The highest BCUT2D eigenvalue weighted by atomic mass is 16.5. The van der Waals surface area contributed by atoms with Crippen molar-refractivity contribution in [1.82, 2.24) is 4.90 Å². The van der Waals surface area contributed by atoms with Crippen LogP contribution in [-0.2, 0) is 0 Å². The molecule has 0 aliphatic rings. The molecule has 3 nitrogen and oxygen atoms in total. The molecule has 0 aliphatic heterocycles. The first-order valence-corrected chi connectivity index (χ1v) is 5.99. The van der Waals surface area contributed by atoms with Gasteiger partial charge in [0.25, 0.3) is 0 Å². The van der Waals surface area contributed by atoms with Crippen molar-refractivity contribution in [2.75, 3.05) is 20.7 Å². The Bertz CT molecular complexity index is 342. The van der Waals surface area contributed by atoms with E-state index < -0.39 is 0 Å². The van der Waals surface area contributed by atoms with E-state index in [4.69, 9.17) is 10.5 Å². The molecule has 0 aliphatic carbocycles. The minimum atomic E-state index is 0.0276. The van der Waals surface area contributed by atoms with Gasteiger partial charge in [0.15, 0.2) is 0 Å². The zero-order valence-electron chi connectivity index (χ0n) is 11.5. The molecule has 1 aromatic carbocycles. The summed E-state index contributed by atoms with van der Waals surface area (Å²) < 4.78 is 5.78. The van der Waals surface area contributed by atoms with Gasteiger partial charge in [-0.05, 0) is 52.6 Å². The van der Waals surface area contributed by atoms with E-state index in [9.17, 15) is 0 Å². The van der Waals surface area contributed by atoms with Gasteiger partial charge in [0, 0.05) is 11.6 Å². The molecule has 1 aromatic rings. The SMILES string of the molecule is C[C@@H](N)c1ccc(OCC(C)(C)N(C)C)cc1. The van der Waals surface area contributed by atoms with Crippen molar-refractivity contribution in [3.8, 4) is 5.75 Å². The fourth-order valence-corrected chi connectivity index (χ4v) is 1.26. The Morgan fingerprint density at radius 1 is 1.24 bits per heavy atom. The third-order valence-electron chi connectivity index (χ3n) is 3.21. The van der Waals surface area contributed by atoms with Crippen molar-refractivity contribution in [2.24, 2.45) is 5.73 Å². The molecule has 0 saturated heterocycles. The molecule has 0 bridgehead atoms. The van der Waals surface area contributed by atoms with Crippen LogP contribution in [0.1, 0.15) is 32.4 Å². The lowest BCUT2D eigenvalue weighted by Crippen LogP contribution is -2.43. The Balaban J connectivity index is 2.59. The largest absolute Gasteiger partial charge is 0.492 e. The van der Waals surface area contributed by atoms with Crippen LogP contribution >= 0.6 is 0 Å². The molecule has 1 atom stereocenters. The number of hydrogen-bond donors (Lipinski definition) is 1. The molecule has 0 spiro atoms. The maximum Gasteiger partial charge on any atom is 0.119 e. The van der Waals surface area contributed by atoms with Crippen LogP contribution in [-0.4, -0.2) is 31.1 Å². The van der Waals surface area contributed by atoms with Gasteiger partial charge in [-0.1, -0.05) is 12.1 Å². The molecule has 0 saturated carbocycles. The van der Waals surface area contributed by atoms with E-state index in [-0.39, 0.29) is 11.6 Å². The van der Waals surface area contributed by atoms with Crippen LogP contribution in [0.25, 0.3) is 0 Å². The van der Waals surface area contributed by atoms with Gasteiger partial charge >= 0.3 is 0 Å². The third kappa shape index (κ3) is 4.02. The number of nitrogens with two attached hydrogens (primary N) is 1. The van der Waals surface area contributed by atoms with Crippen LogP contribution in [0.2, 0.25) is 0 Å². The van der Waals surface area contributed by atoms with E-state index in [0.29, 0.717) is 6.61 Å². The molecule has 0 radical (unpaired) electrons. The van der Waals surface area contributed by atoms with E-state index in [1.165, 1.54) is 0 Å². The number of rotatable bonds is 5. The number of ether oxygens (including phenoxy) is 1. The molecule has 0 aromatic heterocycles. The Kier molecular flexibility index (Phi) is 4.54. The summed E-state index contributed by atoms with van der Waals surface area (Å²) in [5, 5.41) is 0. The van der Waals surface area contributed by atoms with Gasteiger partial charge in [0.1, 0.15) is 12.4 Å². The second kappa shape index (κ2) is 5.52. The predicted molar refractivity (Wildman–Crippen MR) is 72.3 cm³/mol. The van der Waals surface area contributed by atoms with Crippen LogP contribution in [0, 0.1) is 0 Å². The highest BCUT2D eigenvalue weighted by molar-refractivity contribution is 5.28. The fourth-order valence-electron chi connectivity index (χ4n) is 1.26. The second-order valence-corrected chi connectivity index (χ2v) is 5.35. The van der Waals surface area contributed by atoms with Crippen LogP contribution < -0.4 is 10.5 Å². The minimum absolute atomic E-state index is 0.0276. The van der Waals surface area contributed by atoms with Gasteiger partial charge in [-0.25, -0.2) is 0 Å². The molecular weight excluding hydrogens is 212 g/mol. The Morgan fingerprint density at radius 3 is 2.18 bits per heavy atom. The lowest BCUT2D eigenvalue weighted by atomic mass is 10.1. The van der Waals surface area contributed by atoms with E-state index in [0.717, 1.165) is 11.3 Å². The predicted octanol–water partition coefficient (Wildman–Crippen LogP) is 2.43. The number of benzene rings is 1. The molecule has 0 amide bonds. The van der Waals surface area contributed by atoms with Crippen molar-refractivity contribution < 1.29 is 4.74 Å². The summed E-state index contributed by atoms with van der Waals surface area (Å²) in [4.78, 5) is 2.16. The molecule has 2 N–H and O–H groups in total. The lowest BCUT2D eigenvalue weighted by Gasteiger charge is -2.32. The summed E-state index contributed by atoms with van der Waals surface area (Å²) in [6, 6.07) is 8.06. The first-order chi connectivity index (χ1) is 7.83. The van der Waals surface area contributed by atoms with E-state index >= 15 is 0 Å². The van der Waals surface area contributed by atoms with Crippen molar-refractivity contribution in [3.05, 3.63) is 29.8 Å². The van der Waals surface area contributed by atoms with Gasteiger partial charge in [0.2, 0.25) is 0 Å². The Morgan fingerprint density at radius 2 is 1.76 bits per heavy atom. The highest BCUT2D eigenvalue weighted by Gasteiger charge is 2.21. The van der Waals surface area contributed by atoms with Crippen LogP contribution in [0.3, 0.4) is 0 Å². The Hall–Kier alpha value is -1.06. The smallest absolute Gasteiger partial charge is 0.119 e. The number of likely N-dealkylation sites (N-methyl/N-ethyl adjacent to an activating group) is 1. The average molecular weight is 236 g/mol. The minimum Gasteiger partial charge on any atom is -0.492 e. The van der Waals surface area contributed by atoms with Crippen LogP contribution in [0.4, 0.5) is 0 Å². The molecule has 3 heteroatoms. The molecular formula is C14H24N2O. The van der Waals surface area contributed by atoms with Gasteiger partial charge in [-0.2, -0.15) is 0 Å². The zero-order valence-corrected chi connectivity index (χ0v) is 11.5. The normalized spacial score (nSPS) is 13.8. The lowest BCUT2D eigenvalue weighted by molar-refractivity contribution is 0.114. The van der Waals surface area contributed by atoms with Crippen molar-refractivity contribution in [1.29, 1.82) is 0 Å². The van der Waals surface area contributed by atoms with Crippen molar-refractivity contribution in [3.63, 3.8) is 0 Å². The average Bonchev–Trinajstić information content (AvgIpc) is 2.27. The maximum absolute atomic E-state index is 5.80. The summed E-state index contributed by atoms with van der Waals surface area (Å²) in [7, 11) is 4.12. The van der Waals surface area contributed by atoms with E-state index in [2.05, 4.69) is 32.8 Å². The molecule has 0 heterocycles. The molecule has 0 fully saturated rings. The summed E-state index contributed by atoms with van der Waals surface area (Å²) in [5.41, 5.74) is 6.96. The first-order valence-electron chi connectivity index (χ1n) is 5.99. The van der Waals surface area contributed by atoms with Crippen LogP contribution in [0.15, 0.2) is 24.3 Å². The van der Waals surface area contributed by atoms with Gasteiger partial charge in [-0.3, -0.25) is 0 Å². The van der Waals surface area contributed by atoms with E-state index in [1.54, 1.807) is 0 Å². The standard InChI is InChI=1S/C14H24N2O/c1-11(15)12-6-8-13(9-7-12)17-10-14(2,3)16(4)5/h6-9,11H,10,15H2,1-5H3/t11-/m1/s1. The zero-order chi connectivity index (χ0) is 13.1. The quantitative estimate of drug-likeness (QED) is 0.853.